The minimum absolute atomic E-state index is 0.0515. The van der Waals surface area contributed by atoms with Crippen LogP contribution >= 0.6 is 0 Å². The molecule has 1 saturated heterocycles. The molecular weight excluding hydrogens is 412 g/mol. The standard InChI is InChI=1S/C27H28N4O2/c32-26(20-29-16-18-30(19-17-29)27(33)23-10-2-1-3-11-23)28-31-24-12-6-4-8-21(24)14-15-22-9-5-7-13-25(22)31/h1-13H,14-20H2,(H,28,32). The van der Waals surface area contributed by atoms with Crippen LogP contribution in [0.5, 0.6) is 0 Å². The van der Waals surface area contributed by atoms with E-state index < -0.39 is 0 Å². The lowest BCUT2D eigenvalue weighted by atomic mass is 10.0. The molecule has 168 valence electrons. The number of benzene rings is 3. The van der Waals surface area contributed by atoms with Crippen molar-refractivity contribution in [1.82, 2.24) is 15.2 Å². The Hall–Kier alpha value is -3.64. The van der Waals surface area contributed by atoms with E-state index in [0.29, 0.717) is 38.3 Å². The second-order valence-electron chi connectivity index (χ2n) is 8.56. The van der Waals surface area contributed by atoms with Gasteiger partial charge in [-0.05, 0) is 48.2 Å². The maximum atomic E-state index is 13.1. The first kappa shape index (κ1) is 21.2. The van der Waals surface area contributed by atoms with Gasteiger partial charge in [0.15, 0.2) is 0 Å². The SMILES string of the molecule is O=C(CN1CCN(C(=O)c2ccccc2)CC1)NN1c2ccccc2CCc2ccccc21. The van der Waals surface area contributed by atoms with Gasteiger partial charge in [0.05, 0.1) is 17.9 Å². The summed E-state index contributed by atoms with van der Waals surface area (Å²) in [4.78, 5) is 29.7. The van der Waals surface area contributed by atoms with E-state index in [1.165, 1.54) is 11.1 Å². The molecule has 0 aromatic heterocycles. The van der Waals surface area contributed by atoms with Crippen LogP contribution < -0.4 is 10.4 Å². The van der Waals surface area contributed by atoms with Crippen LogP contribution in [-0.4, -0.2) is 54.3 Å². The molecule has 3 aromatic carbocycles. The minimum atomic E-state index is -0.0515. The number of anilines is 2. The fraction of sp³-hybridized carbons (Fsp3) is 0.259. The predicted molar refractivity (Wildman–Crippen MR) is 129 cm³/mol. The van der Waals surface area contributed by atoms with Crippen molar-refractivity contribution >= 4 is 23.2 Å². The molecule has 0 bridgehead atoms. The van der Waals surface area contributed by atoms with Gasteiger partial charge in [-0.1, -0.05) is 54.6 Å². The molecule has 6 heteroatoms. The Morgan fingerprint density at radius 2 is 1.24 bits per heavy atom. The number of fused-ring (bicyclic) bond motifs is 2. The molecule has 2 amide bonds. The van der Waals surface area contributed by atoms with Gasteiger partial charge in [-0.2, -0.15) is 0 Å². The van der Waals surface area contributed by atoms with Gasteiger partial charge < -0.3 is 4.90 Å². The number of carbonyl (C=O) groups excluding carboxylic acids is 2. The lowest BCUT2D eigenvalue weighted by Gasteiger charge is -2.35. The van der Waals surface area contributed by atoms with Crippen LogP contribution in [-0.2, 0) is 17.6 Å². The Bertz CT molecular complexity index is 1090. The van der Waals surface area contributed by atoms with Gasteiger partial charge in [0.2, 0.25) is 0 Å². The monoisotopic (exact) mass is 440 g/mol. The number of carbonyl (C=O) groups is 2. The Kier molecular flexibility index (Phi) is 6.09. The minimum Gasteiger partial charge on any atom is -0.336 e. The third-order valence-corrected chi connectivity index (χ3v) is 6.41. The molecule has 0 radical (unpaired) electrons. The molecule has 33 heavy (non-hydrogen) atoms. The topological polar surface area (TPSA) is 55.9 Å². The first-order valence-corrected chi connectivity index (χ1v) is 11.5. The zero-order chi connectivity index (χ0) is 22.6. The predicted octanol–water partition coefficient (Wildman–Crippen LogP) is 3.41. The van der Waals surface area contributed by atoms with E-state index in [1.54, 1.807) is 0 Å². The number of hydrazine groups is 1. The van der Waals surface area contributed by atoms with Crippen LogP contribution in [0.1, 0.15) is 21.5 Å². The molecule has 1 fully saturated rings. The molecule has 0 atom stereocenters. The molecule has 6 nitrogen and oxygen atoms in total. The van der Waals surface area contributed by atoms with E-state index in [2.05, 4.69) is 34.6 Å². The first-order valence-electron chi connectivity index (χ1n) is 11.5. The summed E-state index contributed by atoms with van der Waals surface area (Å²) in [6.45, 7) is 2.90. The van der Waals surface area contributed by atoms with Crippen molar-refractivity contribution in [3.63, 3.8) is 0 Å². The molecular formula is C27H28N4O2. The molecule has 2 aliphatic rings. The lowest BCUT2D eigenvalue weighted by Crippen LogP contribution is -2.52. The van der Waals surface area contributed by atoms with E-state index >= 15 is 0 Å². The summed E-state index contributed by atoms with van der Waals surface area (Å²) in [5.74, 6) is 0.00169. The van der Waals surface area contributed by atoms with Gasteiger partial charge in [0.25, 0.3) is 11.8 Å². The summed E-state index contributed by atoms with van der Waals surface area (Å²) >= 11 is 0. The number of hydrogen-bond acceptors (Lipinski definition) is 4. The normalized spacial score (nSPS) is 15.9. The Balaban J connectivity index is 1.24. The first-order chi connectivity index (χ1) is 16.2. The van der Waals surface area contributed by atoms with Crippen LogP contribution in [0.4, 0.5) is 11.4 Å². The molecule has 5 rings (SSSR count). The molecule has 0 unspecified atom stereocenters. The highest BCUT2D eigenvalue weighted by Gasteiger charge is 2.25. The highest BCUT2D eigenvalue weighted by Crippen LogP contribution is 2.34. The summed E-state index contributed by atoms with van der Waals surface area (Å²) in [6, 6.07) is 25.9. The average molecular weight is 441 g/mol. The van der Waals surface area contributed by atoms with Crippen molar-refractivity contribution in [2.75, 3.05) is 37.7 Å². The highest BCUT2D eigenvalue weighted by molar-refractivity contribution is 5.94. The van der Waals surface area contributed by atoms with Crippen LogP contribution in [0.2, 0.25) is 0 Å². The van der Waals surface area contributed by atoms with Gasteiger partial charge in [0, 0.05) is 31.7 Å². The largest absolute Gasteiger partial charge is 0.336 e. The number of hydrogen-bond donors (Lipinski definition) is 1. The van der Waals surface area contributed by atoms with Gasteiger partial charge in [-0.25, -0.2) is 0 Å². The van der Waals surface area contributed by atoms with Crippen LogP contribution in [0.3, 0.4) is 0 Å². The van der Waals surface area contributed by atoms with Crippen molar-refractivity contribution in [3.8, 4) is 0 Å². The van der Waals surface area contributed by atoms with Crippen LogP contribution in [0, 0.1) is 0 Å². The number of nitrogens with zero attached hydrogens (tertiary/aromatic N) is 3. The fourth-order valence-corrected chi connectivity index (χ4v) is 4.64. The maximum Gasteiger partial charge on any atom is 0.253 e. The van der Waals surface area contributed by atoms with Crippen molar-refractivity contribution in [2.45, 2.75) is 12.8 Å². The smallest absolute Gasteiger partial charge is 0.253 e. The molecule has 0 saturated carbocycles. The summed E-state index contributed by atoms with van der Waals surface area (Å²) in [7, 11) is 0. The van der Waals surface area contributed by atoms with Gasteiger partial charge >= 0.3 is 0 Å². The number of amides is 2. The number of nitrogens with one attached hydrogen (secondary N) is 1. The molecule has 0 spiro atoms. The number of piperazine rings is 1. The second-order valence-corrected chi connectivity index (χ2v) is 8.56. The third kappa shape index (κ3) is 4.61. The number of rotatable bonds is 4. The quantitative estimate of drug-likeness (QED) is 0.676. The molecule has 3 aromatic rings. The highest BCUT2D eigenvalue weighted by atomic mass is 16.2. The zero-order valence-electron chi connectivity index (χ0n) is 18.6. The third-order valence-electron chi connectivity index (χ3n) is 6.41. The zero-order valence-corrected chi connectivity index (χ0v) is 18.6. The second kappa shape index (κ2) is 9.46. The van der Waals surface area contributed by atoms with Crippen molar-refractivity contribution in [3.05, 3.63) is 95.6 Å². The van der Waals surface area contributed by atoms with Crippen molar-refractivity contribution < 1.29 is 9.59 Å². The summed E-state index contributed by atoms with van der Waals surface area (Å²) in [6.07, 6.45) is 1.88. The van der Waals surface area contributed by atoms with E-state index in [-0.39, 0.29) is 11.8 Å². The molecule has 2 aliphatic heterocycles. The Morgan fingerprint density at radius 1 is 0.697 bits per heavy atom. The summed E-state index contributed by atoms with van der Waals surface area (Å²) in [5, 5.41) is 1.94. The van der Waals surface area contributed by atoms with E-state index in [1.807, 2.05) is 64.5 Å². The van der Waals surface area contributed by atoms with Gasteiger partial charge in [-0.3, -0.25) is 24.9 Å². The summed E-state index contributed by atoms with van der Waals surface area (Å²) in [5.41, 5.74) is 8.35. The Morgan fingerprint density at radius 3 is 1.85 bits per heavy atom. The molecule has 0 aliphatic carbocycles. The van der Waals surface area contributed by atoms with Crippen molar-refractivity contribution in [1.29, 1.82) is 0 Å². The van der Waals surface area contributed by atoms with Gasteiger partial charge in [0.1, 0.15) is 0 Å². The van der Waals surface area contributed by atoms with E-state index in [0.717, 1.165) is 24.2 Å². The number of aryl methyl sites for hydroxylation is 2. The average Bonchev–Trinajstić information content (AvgIpc) is 3.02. The number of para-hydroxylation sites is 2. The maximum absolute atomic E-state index is 13.1. The summed E-state index contributed by atoms with van der Waals surface area (Å²) < 4.78 is 0. The lowest BCUT2D eigenvalue weighted by molar-refractivity contribution is -0.122. The van der Waals surface area contributed by atoms with Crippen LogP contribution in [0.25, 0.3) is 0 Å². The van der Waals surface area contributed by atoms with E-state index in [4.69, 9.17) is 0 Å². The van der Waals surface area contributed by atoms with Gasteiger partial charge in [-0.15, -0.1) is 0 Å². The molecule has 1 N–H and O–H groups in total. The van der Waals surface area contributed by atoms with Crippen LogP contribution in [0.15, 0.2) is 78.9 Å². The van der Waals surface area contributed by atoms with Crippen molar-refractivity contribution in [2.24, 2.45) is 0 Å². The Labute approximate surface area is 194 Å². The van der Waals surface area contributed by atoms with E-state index in [9.17, 15) is 9.59 Å². The molecule has 2 heterocycles. The fourth-order valence-electron chi connectivity index (χ4n) is 4.64.